The van der Waals surface area contributed by atoms with Crippen molar-refractivity contribution < 1.29 is 18.3 Å². The Balaban J connectivity index is 2.89. The summed E-state index contributed by atoms with van der Waals surface area (Å²) < 4.78 is 25.7. The fourth-order valence-electron chi connectivity index (χ4n) is 0.992. The van der Waals surface area contributed by atoms with E-state index in [0.29, 0.717) is 12.1 Å². The van der Waals surface area contributed by atoms with E-state index in [-0.39, 0.29) is 4.90 Å². The van der Waals surface area contributed by atoms with Gasteiger partial charge in [-0.2, -0.15) is 0 Å². The van der Waals surface area contributed by atoms with Crippen LogP contribution in [0.2, 0.25) is 0 Å². The van der Waals surface area contributed by atoms with E-state index < -0.39 is 16.1 Å². The van der Waals surface area contributed by atoms with Crippen molar-refractivity contribution in [2.45, 2.75) is 4.90 Å². The molecule has 0 heterocycles. The Morgan fingerprint density at radius 1 is 1.24 bits per heavy atom. The van der Waals surface area contributed by atoms with Gasteiger partial charge in [0.1, 0.15) is 0 Å². The molecular formula is C9H12N2O4S2. The highest BCUT2D eigenvalue weighted by Crippen LogP contribution is 2.22. The monoisotopic (exact) mass is 276 g/mol. The van der Waals surface area contributed by atoms with Gasteiger partial charge >= 0.3 is 6.09 Å². The fourth-order valence-corrected chi connectivity index (χ4v) is 3.11. The molecule has 0 saturated heterocycles. The van der Waals surface area contributed by atoms with Crippen molar-refractivity contribution in [1.29, 1.82) is 0 Å². The number of rotatable bonds is 4. The lowest BCUT2D eigenvalue weighted by molar-refractivity contribution is 0.180. The summed E-state index contributed by atoms with van der Waals surface area (Å²) in [6, 6.07) is 7.81. The maximum atomic E-state index is 12.0. The van der Waals surface area contributed by atoms with Crippen LogP contribution in [0.15, 0.2) is 35.2 Å². The first-order valence-corrected chi connectivity index (χ1v) is 6.71. The number of hydrogen-bond donors (Lipinski definition) is 1. The maximum absolute atomic E-state index is 12.0. The van der Waals surface area contributed by atoms with Crippen molar-refractivity contribution in [2.24, 2.45) is 0 Å². The Hall–Kier alpha value is -1.25. The first-order chi connectivity index (χ1) is 7.85. The molecule has 0 bridgehead atoms. The van der Waals surface area contributed by atoms with Crippen LogP contribution in [0.3, 0.4) is 0 Å². The lowest BCUT2D eigenvalue weighted by Gasteiger charge is -2.19. The van der Waals surface area contributed by atoms with Gasteiger partial charge in [0, 0.05) is 14.1 Å². The summed E-state index contributed by atoms with van der Waals surface area (Å²) in [5.74, 6) is 0. The second-order valence-corrected chi connectivity index (χ2v) is 6.55. The molecule has 0 atom stereocenters. The van der Waals surface area contributed by atoms with Gasteiger partial charge in [0.25, 0.3) is 10.0 Å². The zero-order chi connectivity index (χ0) is 13.1. The summed E-state index contributed by atoms with van der Waals surface area (Å²) in [5.41, 5.74) is 0. The predicted molar refractivity (Wildman–Crippen MR) is 64.8 cm³/mol. The highest BCUT2D eigenvalue weighted by molar-refractivity contribution is 8.07. The molecule has 6 nitrogen and oxygen atoms in total. The average Bonchev–Trinajstić information content (AvgIpc) is 2.29. The summed E-state index contributed by atoms with van der Waals surface area (Å²) in [4.78, 5) is 10.7. The van der Waals surface area contributed by atoms with Crippen LogP contribution in [0.4, 0.5) is 4.79 Å². The van der Waals surface area contributed by atoms with E-state index in [1.807, 2.05) is 0 Å². The molecule has 1 amide bonds. The molecule has 0 radical (unpaired) electrons. The first kappa shape index (κ1) is 13.8. The third kappa shape index (κ3) is 3.35. The normalized spacial score (nSPS) is 11.5. The topological polar surface area (TPSA) is 77.9 Å². The van der Waals surface area contributed by atoms with Crippen LogP contribution in [-0.4, -0.2) is 41.7 Å². The molecule has 1 N–H and O–H groups in total. The van der Waals surface area contributed by atoms with E-state index in [2.05, 4.69) is 0 Å². The molecule has 0 aliphatic carbocycles. The molecule has 1 rings (SSSR count). The Morgan fingerprint density at radius 3 is 2.24 bits per heavy atom. The molecule has 0 unspecified atom stereocenters. The lowest BCUT2D eigenvalue weighted by atomic mass is 10.4. The van der Waals surface area contributed by atoms with Gasteiger partial charge in [0.15, 0.2) is 0 Å². The Morgan fingerprint density at radius 2 is 1.76 bits per heavy atom. The second kappa shape index (κ2) is 5.39. The minimum Gasteiger partial charge on any atom is -0.464 e. The minimum absolute atomic E-state index is 0.119. The fraction of sp³-hybridized carbons (Fsp3) is 0.222. The van der Waals surface area contributed by atoms with Crippen molar-refractivity contribution in [1.82, 2.24) is 8.02 Å². The number of benzene rings is 1. The zero-order valence-corrected chi connectivity index (χ0v) is 10.9. The molecule has 1 aromatic rings. The molecular weight excluding hydrogens is 264 g/mol. The van der Waals surface area contributed by atoms with Gasteiger partial charge in [-0.05, 0) is 12.1 Å². The van der Waals surface area contributed by atoms with Crippen LogP contribution in [0.5, 0.6) is 0 Å². The van der Waals surface area contributed by atoms with Crippen molar-refractivity contribution in [2.75, 3.05) is 14.1 Å². The van der Waals surface area contributed by atoms with Crippen molar-refractivity contribution in [3.05, 3.63) is 30.3 Å². The van der Waals surface area contributed by atoms with Crippen LogP contribution >= 0.6 is 12.1 Å². The van der Waals surface area contributed by atoms with E-state index in [1.54, 1.807) is 18.2 Å². The van der Waals surface area contributed by atoms with Gasteiger partial charge in [-0.3, -0.25) is 0 Å². The second-order valence-electron chi connectivity index (χ2n) is 3.09. The summed E-state index contributed by atoms with van der Waals surface area (Å²) in [7, 11) is -1.11. The molecule has 0 aliphatic heterocycles. The van der Waals surface area contributed by atoms with Crippen LogP contribution in [-0.2, 0) is 10.0 Å². The van der Waals surface area contributed by atoms with Gasteiger partial charge in [0.2, 0.25) is 0 Å². The number of nitrogens with zero attached hydrogens (tertiary/aromatic N) is 2. The number of sulfonamides is 1. The molecule has 0 aromatic heterocycles. The van der Waals surface area contributed by atoms with Crippen molar-refractivity contribution >= 4 is 28.3 Å². The molecule has 0 saturated carbocycles. The number of carboxylic acid groups (broad SMARTS) is 1. The summed E-state index contributed by atoms with van der Waals surface area (Å²) in [6.07, 6.45) is -1.22. The quantitative estimate of drug-likeness (QED) is 0.843. The van der Waals surface area contributed by atoms with Crippen LogP contribution < -0.4 is 0 Å². The molecule has 0 aliphatic rings. The van der Waals surface area contributed by atoms with E-state index >= 15 is 0 Å². The molecule has 1 aromatic carbocycles. The number of hydrogen-bond acceptors (Lipinski definition) is 4. The van der Waals surface area contributed by atoms with Gasteiger partial charge in [-0.25, -0.2) is 17.5 Å². The van der Waals surface area contributed by atoms with Crippen LogP contribution in [0.1, 0.15) is 0 Å². The third-order valence-electron chi connectivity index (χ3n) is 1.89. The number of amides is 1. The SMILES string of the molecule is CN(SN(C)S(=O)(=O)c1ccccc1)C(=O)O. The first-order valence-electron chi connectivity index (χ1n) is 4.54. The van der Waals surface area contributed by atoms with Crippen molar-refractivity contribution in [3.8, 4) is 0 Å². The van der Waals surface area contributed by atoms with Gasteiger partial charge < -0.3 is 5.11 Å². The van der Waals surface area contributed by atoms with Gasteiger partial charge in [-0.1, -0.05) is 18.2 Å². The Labute approximate surface area is 104 Å². The van der Waals surface area contributed by atoms with Crippen LogP contribution in [0.25, 0.3) is 0 Å². The average molecular weight is 276 g/mol. The summed E-state index contributed by atoms with van der Waals surface area (Å²) >= 11 is 0.589. The highest BCUT2D eigenvalue weighted by atomic mass is 32.3. The Kier molecular flexibility index (Phi) is 4.38. The summed E-state index contributed by atoms with van der Waals surface area (Å²) in [5, 5.41) is 8.65. The molecule has 8 heteroatoms. The van der Waals surface area contributed by atoms with Crippen LogP contribution in [0, 0.1) is 0 Å². The molecule has 94 valence electrons. The predicted octanol–water partition coefficient (Wildman–Crippen LogP) is 1.48. The van der Waals surface area contributed by atoms with Gasteiger partial charge in [-0.15, -0.1) is 3.71 Å². The minimum atomic E-state index is -3.68. The Bertz CT molecular complexity index is 489. The largest absolute Gasteiger partial charge is 0.464 e. The van der Waals surface area contributed by atoms with E-state index in [4.69, 9.17) is 5.11 Å². The summed E-state index contributed by atoms with van der Waals surface area (Å²) in [6.45, 7) is 0. The lowest BCUT2D eigenvalue weighted by Crippen LogP contribution is -2.28. The maximum Gasteiger partial charge on any atom is 0.418 e. The van der Waals surface area contributed by atoms with E-state index in [1.165, 1.54) is 26.2 Å². The zero-order valence-electron chi connectivity index (χ0n) is 9.27. The van der Waals surface area contributed by atoms with Gasteiger partial charge in [0.05, 0.1) is 17.0 Å². The third-order valence-corrected chi connectivity index (χ3v) is 4.85. The van der Waals surface area contributed by atoms with Crippen molar-refractivity contribution in [3.63, 3.8) is 0 Å². The van der Waals surface area contributed by atoms with E-state index in [0.717, 1.165) is 8.02 Å². The molecule has 0 fully saturated rings. The highest BCUT2D eigenvalue weighted by Gasteiger charge is 2.24. The molecule has 17 heavy (non-hydrogen) atoms. The van der Waals surface area contributed by atoms with E-state index in [9.17, 15) is 13.2 Å². The number of carbonyl (C=O) groups is 1. The molecule has 0 spiro atoms. The smallest absolute Gasteiger partial charge is 0.418 e. The standard InChI is InChI=1S/C9H12N2O4S2/c1-10(9(12)13)16-11(2)17(14,15)8-6-4-3-5-7-8/h3-7H,1-2H3,(H,12,13).